The number of hydrogen-bond donors (Lipinski definition) is 1. The molecule has 4 saturated carbocycles. The SMILES string of the molecule is CC[C@]1(O)CC[C@@]2(C)[C@@H](CC[C@@H]3[C@@H]2CC[C@]2(C)C(=O)CC[C@@H]32)C1. The molecule has 7 atom stereocenters. The summed E-state index contributed by atoms with van der Waals surface area (Å²) in [5, 5.41) is 10.8. The van der Waals surface area contributed by atoms with E-state index >= 15 is 0 Å². The predicted molar refractivity (Wildman–Crippen MR) is 92.0 cm³/mol. The van der Waals surface area contributed by atoms with Gasteiger partial charge in [-0.2, -0.15) is 0 Å². The van der Waals surface area contributed by atoms with E-state index in [1.807, 2.05) is 0 Å². The van der Waals surface area contributed by atoms with Gasteiger partial charge in [0, 0.05) is 11.8 Å². The van der Waals surface area contributed by atoms with E-state index in [1.54, 1.807) is 0 Å². The molecule has 0 heterocycles. The topological polar surface area (TPSA) is 37.3 Å². The highest BCUT2D eigenvalue weighted by atomic mass is 16.3. The molecule has 0 saturated heterocycles. The van der Waals surface area contributed by atoms with Gasteiger partial charge < -0.3 is 5.11 Å². The molecule has 4 fully saturated rings. The van der Waals surface area contributed by atoms with Crippen molar-refractivity contribution in [2.24, 2.45) is 34.5 Å². The molecule has 2 heteroatoms. The highest BCUT2D eigenvalue weighted by Gasteiger charge is 2.61. The first-order valence-electron chi connectivity index (χ1n) is 10.1. The van der Waals surface area contributed by atoms with Crippen molar-refractivity contribution in [2.45, 2.75) is 90.6 Å². The summed E-state index contributed by atoms with van der Waals surface area (Å²) in [5.41, 5.74) is 0.0178. The van der Waals surface area contributed by atoms with Crippen LogP contribution in [0.1, 0.15) is 85.0 Å². The minimum absolute atomic E-state index is 0.00316. The maximum Gasteiger partial charge on any atom is 0.139 e. The maximum absolute atomic E-state index is 12.5. The Hall–Kier alpha value is -0.370. The fourth-order valence-electron chi connectivity index (χ4n) is 7.41. The zero-order chi connectivity index (χ0) is 16.5. The average Bonchev–Trinajstić information content (AvgIpc) is 2.84. The zero-order valence-electron chi connectivity index (χ0n) is 15.2. The Balaban J connectivity index is 1.61. The third kappa shape index (κ3) is 2.12. The second-order valence-corrected chi connectivity index (χ2v) is 9.86. The lowest BCUT2D eigenvalue weighted by Crippen LogP contribution is -2.55. The Bertz CT molecular complexity index is 514. The van der Waals surface area contributed by atoms with E-state index in [2.05, 4.69) is 20.8 Å². The third-order valence-corrected chi connectivity index (χ3v) is 9.19. The molecule has 0 radical (unpaired) electrons. The number of fused-ring (bicyclic) bond motifs is 5. The molecule has 23 heavy (non-hydrogen) atoms. The average molecular weight is 319 g/mol. The van der Waals surface area contributed by atoms with Gasteiger partial charge in [0.1, 0.15) is 5.78 Å². The summed E-state index contributed by atoms with van der Waals surface area (Å²) in [7, 11) is 0. The lowest BCUT2D eigenvalue weighted by atomic mass is 9.44. The van der Waals surface area contributed by atoms with Gasteiger partial charge in [-0.05, 0) is 86.9 Å². The molecule has 0 aromatic heterocycles. The number of ketones is 1. The van der Waals surface area contributed by atoms with Gasteiger partial charge in [0.25, 0.3) is 0 Å². The molecule has 0 bridgehead atoms. The van der Waals surface area contributed by atoms with Crippen LogP contribution in [-0.4, -0.2) is 16.5 Å². The Morgan fingerprint density at radius 3 is 2.57 bits per heavy atom. The molecule has 0 unspecified atom stereocenters. The maximum atomic E-state index is 12.5. The fraction of sp³-hybridized carbons (Fsp3) is 0.952. The standard InChI is InChI=1S/C21H34O2/c1-4-21(23)12-11-19(2)14(13-21)5-6-15-16-7-8-18(22)20(16,3)10-9-17(15)19/h14-17,23H,4-13H2,1-3H3/t14-,15-,16-,17-,19-,20-,21-/m0/s1. The molecule has 4 aliphatic rings. The van der Waals surface area contributed by atoms with E-state index in [0.717, 1.165) is 50.4 Å². The van der Waals surface area contributed by atoms with Gasteiger partial charge in [0.2, 0.25) is 0 Å². The Morgan fingerprint density at radius 2 is 1.83 bits per heavy atom. The fourth-order valence-corrected chi connectivity index (χ4v) is 7.41. The van der Waals surface area contributed by atoms with Gasteiger partial charge in [-0.25, -0.2) is 0 Å². The van der Waals surface area contributed by atoms with E-state index in [4.69, 9.17) is 0 Å². The summed E-state index contributed by atoms with van der Waals surface area (Å²) in [4.78, 5) is 12.5. The Kier molecular flexibility index (Phi) is 3.55. The van der Waals surface area contributed by atoms with Crippen LogP contribution in [0.3, 0.4) is 0 Å². The summed E-state index contributed by atoms with van der Waals surface area (Å²) < 4.78 is 0. The van der Waals surface area contributed by atoms with Gasteiger partial charge in [-0.15, -0.1) is 0 Å². The number of rotatable bonds is 1. The molecule has 0 aromatic carbocycles. The molecule has 0 aromatic rings. The highest BCUT2D eigenvalue weighted by Crippen LogP contribution is 2.66. The second kappa shape index (κ2) is 5.07. The summed E-state index contributed by atoms with van der Waals surface area (Å²) in [6, 6.07) is 0. The molecule has 0 spiro atoms. The van der Waals surface area contributed by atoms with Crippen molar-refractivity contribution in [3.8, 4) is 0 Å². The first-order valence-corrected chi connectivity index (χ1v) is 10.1. The third-order valence-electron chi connectivity index (χ3n) is 9.19. The van der Waals surface area contributed by atoms with Crippen molar-refractivity contribution in [3.05, 3.63) is 0 Å². The van der Waals surface area contributed by atoms with E-state index < -0.39 is 5.60 Å². The van der Waals surface area contributed by atoms with E-state index in [1.165, 1.54) is 25.7 Å². The molecular formula is C21H34O2. The van der Waals surface area contributed by atoms with Crippen LogP contribution in [0.4, 0.5) is 0 Å². The summed E-state index contributed by atoms with van der Waals surface area (Å²) in [5.74, 6) is 3.47. The first kappa shape index (κ1) is 16.1. The summed E-state index contributed by atoms with van der Waals surface area (Å²) in [6.45, 7) is 6.95. The Labute approximate surface area is 141 Å². The molecular weight excluding hydrogens is 284 g/mol. The minimum Gasteiger partial charge on any atom is -0.390 e. The van der Waals surface area contributed by atoms with Crippen LogP contribution in [0.15, 0.2) is 0 Å². The van der Waals surface area contributed by atoms with Crippen LogP contribution in [0.2, 0.25) is 0 Å². The van der Waals surface area contributed by atoms with Crippen molar-refractivity contribution in [3.63, 3.8) is 0 Å². The van der Waals surface area contributed by atoms with E-state index in [0.29, 0.717) is 23.0 Å². The molecule has 1 N–H and O–H groups in total. The van der Waals surface area contributed by atoms with Crippen LogP contribution in [0.25, 0.3) is 0 Å². The minimum atomic E-state index is -0.399. The summed E-state index contributed by atoms with van der Waals surface area (Å²) >= 11 is 0. The van der Waals surface area contributed by atoms with Gasteiger partial charge in [-0.3, -0.25) is 4.79 Å². The number of Topliss-reactive ketones (excluding diaryl/α,β-unsaturated/α-hetero) is 1. The van der Waals surface area contributed by atoms with Crippen molar-refractivity contribution < 1.29 is 9.90 Å². The molecule has 130 valence electrons. The van der Waals surface area contributed by atoms with Crippen LogP contribution in [-0.2, 0) is 4.79 Å². The van der Waals surface area contributed by atoms with E-state index in [-0.39, 0.29) is 5.41 Å². The van der Waals surface area contributed by atoms with Crippen molar-refractivity contribution >= 4 is 5.78 Å². The quantitative estimate of drug-likeness (QED) is 0.758. The zero-order valence-corrected chi connectivity index (χ0v) is 15.2. The molecule has 2 nitrogen and oxygen atoms in total. The molecule has 4 rings (SSSR count). The van der Waals surface area contributed by atoms with Crippen molar-refractivity contribution in [1.82, 2.24) is 0 Å². The number of aliphatic hydroxyl groups is 1. The van der Waals surface area contributed by atoms with E-state index in [9.17, 15) is 9.90 Å². The van der Waals surface area contributed by atoms with Gasteiger partial charge in [-0.1, -0.05) is 20.8 Å². The summed E-state index contributed by atoms with van der Waals surface area (Å²) in [6.07, 6.45) is 11.0. The van der Waals surface area contributed by atoms with Crippen LogP contribution >= 0.6 is 0 Å². The largest absolute Gasteiger partial charge is 0.390 e. The lowest BCUT2D eigenvalue weighted by Gasteiger charge is -2.61. The lowest BCUT2D eigenvalue weighted by molar-refractivity contribution is -0.154. The number of carbonyl (C=O) groups is 1. The molecule has 0 aliphatic heterocycles. The monoisotopic (exact) mass is 318 g/mol. The van der Waals surface area contributed by atoms with Crippen molar-refractivity contribution in [2.75, 3.05) is 0 Å². The van der Waals surface area contributed by atoms with Gasteiger partial charge >= 0.3 is 0 Å². The number of hydrogen-bond acceptors (Lipinski definition) is 2. The normalized spacial score (nSPS) is 55.9. The first-order chi connectivity index (χ1) is 10.8. The second-order valence-electron chi connectivity index (χ2n) is 9.86. The van der Waals surface area contributed by atoms with Gasteiger partial charge in [0.05, 0.1) is 5.60 Å². The van der Waals surface area contributed by atoms with Crippen LogP contribution in [0, 0.1) is 34.5 Å². The smallest absolute Gasteiger partial charge is 0.139 e. The predicted octanol–water partition coefficient (Wildman–Crippen LogP) is 4.74. The van der Waals surface area contributed by atoms with Crippen molar-refractivity contribution in [1.29, 1.82) is 0 Å². The molecule has 4 aliphatic carbocycles. The number of carbonyl (C=O) groups excluding carboxylic acids is 1. The van der Waals surface area contributed by atoms with Crippen LogP contribution in [0.5, 0.6) is 0 Å². The van der Waals surface area contributed by atoms with Gasteiger partial charge in [0.15, 0.2) is 0 Å². The van der Waals surface area contributed by atoms with Crippen LogP contribution < -0.4 is 0 Å². The molecule has 0 amide bonds. The Morgan fingerprint density at radius 1 is 1.04 bits per heavy atom. The highest BCUT2D eigenvalue weighted by molar-refractivity contribution is 5.87.